The number of thiol groups is 1. The molecule has 0 spiro atoms. The fourth-order valence-corrected chi connectivity index (χ4v) is 1.78. The Labute approximate surface area is 89.4 Å². The van der Waals surface area contributed by atoms with Gasteiger partial charge in [0.2, 0.25) is 0 Å². The minimum absolute atomic E-state index is 0.242. The number of hydrogen-bond acceptors (Lipinski definition) is 3. The molecule has 14 heavy (non-hydrogen) atoms. The molecule has 0 aromatic heterocycles. The second-order valence-corrected chi connectivity index (χ2v) is 4.01. The molecule has 0 radical (unpaired) electrons. The average molecular weight is 216 g/mol. The van der Waals surface area contributed by atoms with Gasteiger partial charge < -0.3 is 4.90 Å². The average Bonchev–Trinajstić information content (AvgIpc) is 2.37. The Morgan fingerprint density at radius 3 is 2.64 bits per heavy atom. The van der Waals surface area contributed by atoms with Crippen molar-refractivity contribution in [3.05, 3.63) is 0 Å². The summed E-state index contributed by atoms with van der Waals surface area (Å²) in [6.07, 6.45) is 1.91. The Morgan fingerprint density at radius 2 is 2.14 bits per heavy atom. The fourth-order valence-electron chi connectivity index (χ4n) is 1.47. The van der Waals surface area contributed by atoms with Gasteiger partial charge in [0, 0.05) is 12.3 Å². The third-order valence-corrected chi connectivity index (χ3v) is 3.21. The minimum atomic E-state index is -0.768. The Hall–Kier alpha value is -0.710. The lowest BCUT2D eigenvalue weighted by Crippen LogP contribution is -2.49. The van der Waals surface area contributed by atoms with Crippen LogP contribution < -0.4 is 5.32 Å². The zero-order chi connectivity index (χ0) is 10.8. The van der Waals surface area contributed by atoms with Crippen LogP contribution in [0.15, 0.2) is 0 Å². The standard InChI is InChI=1S/C9H16N2O2S/c1-3-4-5-11-8(13)10-7(12)9(11,2)6-14/h14H,3-6H2,1-2H3,(H,10,12,13). The van der Waals surface area contributed by atoms with Crippen molar-refractivity contribution in [2.75, 3.05) is 12.3 Å². The van der Waals surface area contributed by atoms with E-state index in [1.54, 1.807) is 11.8 Å². The highest BCUT2D eigenvalue weighted by atomic mass is 32.1. The van der Waals surface area contributed by atoms with Gasteiger partial charge in [-0.2, -0.15) is 12.6 Å². The Balaban J connectivity index is 2.78. The van der Waals surface area contributed by atoms with Crippen LogP contribution in [0.4, 0.5) is 4.79 Å². The number of unbranched alkanes of at least 4 members (excludes halogenated alkanes) is 1. The first-order chi connectivity index (χ1) is 6.56. The van der Waals surface area contributed by atoms with Gasteiger partial charge >= 0.3 is 6.03 Å². The molecule has 0 aliphatic carbocycles. The summed E-state index contributed by atoms with van der Waals surface area (Å²) in [5.41, 5.74) is -0.768. The number of rotatable bonds is 4. The smallest absolute Gasteiger partial charge is 0.309 e. The molecular formula is C9H16N2O2S. The van der Waals surface area contributed by atoms with Gasteiger partial charge in [0.05, 0.1) is 0 Å². The van der Waals surface area contributed by atoms with Gasteiger partial charge in [-0.3, -0.25) is 10.1 Å². The highest BCUT2D eigenvalue weighted by Crippen LogP contribution is 2.23. The molecule has 3 amide bonds. The van der Waals surface area contributed by atoms with E-state index < -0.39 is 5.54 Å². The van der Waals surface area contributed by atoms with Gasteiger partial charge in [-0.15, -0.1) is 0 Å². The lowest BCUT2D eigenvalue weighted by atomic mass is 10.0. The van der Waals surface area contributed by atoms with Crippen molar-refractivity contribution in [3.8, 4) is 0 Å². The van der Waals surface area contributed by atoms with Crippen molar-refractivity contribution < 1.29 is 9.59 Å². The fraction of sp³-hybridized carbons (Fsp3) is 0.778. The van der Waals surface area contributed by atoms with Crippen LogP contribution in [0.2, 0.25) is 0 Å². The number of carbonyl (C=O) groups excluding carboxylic acids is 2. The van der Waals surface area contributed by atoms with Crippen molar-refractivity contribution in [3.63, 3.8) is 0 Å². The molecule has 1 saturated heterocycles. The molecule has 0 saturated carbocycles. The number of nitrogens with zero attached hydrogens (tertiary/aromatic N) is 1. The molecule has 0 bridgehead atoms. The molecule has 1 heterocycles. The van der Waals surface area contributed by atoms with Crippen LogP contribution in [0.3, 0.4) is 0 Å². The second kappa shape index (κ2) is 4.21. The van der Waals surface area contributed by atoms with E-state index in [4.69, 9.17) is 0 Å². The molecule has 1 atom stereocenters. The van der Waals surface area contributed by atoms with Gasteiger partial charge in [-0.05, 0) is 13.3 Å². The van der Waals surface area contributed by atoms with E-state index in [2.05, 4.69) is 17.9 Å². The summed E-state index contributed by atoms with van der Waals surface area (Å²) in [5, 5.41) is 2.32. The lowest BCUT2D eigenvalue weighted by molar-refractivity contribution is -0.124. The zero-order valence-corrected chi connectivity index (χ0v) is 9.43. The van der Waals surface area contributed by atoms with E-state index in [1.807, 2.05) is 6.92 Å². The van der Waals surface area contributed by atoms with Crippen molar-refractivity contribution in [2.45, 2.75) is 32.2 Å². The summed E-state index contributed by atoms with van der Waals surface area (Å²) in [5.74, 6) is 0.113. The van der Waals surface area contributed by atoms with Crippen LogP contribution in [0.1, 0.15) is 26.7 Å². The summed E-state index contributed by atoms with van der Waals surface area (Å²) in [4.78, 5) is 24.5. The third-order valence-electron chi connectivity index (χ3n) is 2.59. The SMILES string of the molecule is CCCCN1C(=O)NC(=O)C1(C)CS. The van der Waals surface area contributed by atoms with Crippen molar-refractivity contribution in [1.82, 2.24) is 10.2 Å². The topological polar surface area (TPSA) is 49.4 Å². The first kappa shape index (κ1) is 11.4. The van der Waals surface area contributed by atoms with Crippen LogP contribution in [0, 0.1) is 0 Å². The molecule has 1 unspecified atom stereocenters. The molecule has 80 valence electrons. The summed E-state index contributed by atoms with van der Waals surface area (Å²) >= 11 is 4.13. The highest BCUT2D eigenvalue weighted by Gasteiger charge is 2.47. The first-order valence-corrected chi connectivity index (χ1v) is 5.43. The number of amides is 3. The van der Waals surface area contributed by atoms with Crippen molar-refractivity contribution >= 4 is 24.6 Å². The van der Waals surface area contributed by atoms with Gasteiger partial charge in [0.1, 0.15) is 5.54 Å². The molecule has 1 N–H and O–H groups in total. The predicted molar refractivity (Wildman–Crippen MR) is 57.4 cm³/mol. The molecule has 1 rings (SSSR count). The Morgan fingerprint density at radius 1 is 1.50 bits per heavy atom. The van der Waals surface area contributed by atoms with E-state index in [-0.39, 0.29) is 11.9 Å². The number of carbonyl (C=O) groups is 2. The lowest BCUT2D eigenvalue weighted by Gasteiger charge is -2.30. The highest BCUT2D eigenvalue weighted by molar-refractivity contribution is 7.80. The monoisotopic (exact) mass is 216 g/mol. The predicted octanol–water partition coefficient (Wildman–Crippen LogP) is 1.03. The quantitative estimate of drug-likeness (QED) is 0.544. The molecule has 1 fully saturated rings. The molecule has 1 aliphatic rings. The second-order valence-electron chi connectivity index (χ2n) is 3.70. The van der Waals surface area contributed by atoms with Crippen LogP contribution >= 0.6 is 12.6 Å². The summed E-state index contributed by atoms with van der Waals surface area (Å²) in [6.45, 7) is 4.41. The van der Waals surface area contributed by atoms with Gasteiger partial charge in [-0.25, -0.2) is 4.79 Å². The molecule has 0 aromatic rings. The van der Waals surface area contributed by atoms with E-state index in [1.165, 1.54) is 0 Å². The normalized spacial score (nSPS) is 26.9. The summed E-state index contributed by atoms with van der Waals surface area (Å²) < 4.78 is 0. The van der Waals surface area contributed by atoms with Crippen LogP contribution in [-0.2, 0) is 4.79 Å². The van der Waals surface area contributed by atoms with Crippen LogP contribution in [-0.4, -0.2) is 34.7 Å². The van der Waals surface area contributed by atoms with Crippen molar-refractivity contribution in [1.29, 1.82) is 0 Å². The van der Waals surface area contributed by atoms with E-state index in [0.29, 0.717) is 12.3 Å². The third kappa shape index (κ3) is 1.73. The largest absolute Gasteiger partial charge is 0.325 e. The number of nitrogens with one attached hydrogen (secondary N) is 1. The summed E-state index contributed by atoms with van der Waals surface area (Å²) in [6, 6.07) is -0.292. The molecular weight excluding hydrogens is 200 g/mol. The van der Waals surface area contributed by atoms with Crippen LogP contribution in [0.25, 0.3) is 0 Å². The maximum Gasteiger partial charge on any atom is 0.325 e. The van der Waals surface area contributed by atoms with Crippen molar-refractivity contribution in [2.24, 2.45) is 0 Å². The summed E-state index contributed by atoms with van der Waals surface area (Å²) in [7, 11) is 0. The Kier molecular flexibility index (Phi) is 3.42. The van der Waals surface area contributed by atoms with E-state index in [9.17, 15) is 9.59 Å². The van der Waals surface area contributed by atoms with E-state index in [0.717, 1.165) is 12.8 Å². The Bertz CT molecular complexity index is 257. The first-order valence-electron chi connectivity index (χ1n) is 4.80. The maximum atomic E-state index is 11.5. The maximum absolute atomic E-state index is 11.5. The van der Waals surface area contributed by atoms with Gasteiger partial charge in [-0.1, -0.05) is 13.3 Å². The molecule has 0 aromatic carbocycles. The van der Waals surface area contributed by atoms with Gasteiger partial charge in [0.25, 0.3) is 5.91 Å². The van der Waals surface area contributed by atoms with E-state index >= 15 is 0 Å². The molecule has 4 nitrogen and oxygen atoms in total. The van der Waals surface area contributed by atoms with Crippen LogP contribution in [0.5, 0.6) is 0 Å². The number of imide groups is 1. The van der Waals surface area contributed by atoms with Gasteiger partial charge in [0.15, 0.2) is 0 Å². The molecule has 1 aliphatic heterocycles. The number of urea groups is 1. The minimum Gasteiger partial charge on any atom is -0.309 e. The zero-order valence-electron chi connectivity index (χ0n) is 8.54. The molecule has 5 heteroatoms. The number of hydrogen-bond donors (Lipinski definition) is 2.